The molecule has 22 heteroatoms. The first-order chi connectivity index (χ1) is 26.7. The molecule has 8 bridgehead atoms. The molecule has 6 aliphatic rings. The maximum absolute atomic E-state index is 7.82. The van der Waals surface area contributed by atoms with Gasteiger partial charge in [0.2, 0.25) is 0 Å². The van der Waals surface area contributed by atoms with Gasteiger partial charge >= 0.3 is 364 Å². The van der Waals surface area contributed by atoms with E-state index in [1.165, 1.54) is 0 Å². The molecule has 0 amide bonds. The SMILES string of the molecule is CC(C)C[Si]12O[Si]3(CC(C)C)O[Si]4(CC(C)C)O[Si](CC(C)C)(O1)O[Si]1(CC(C)C)O[Si](CC(C)C)(O2)O[Si](CC(C)C)(O3)O[Si]([O][Ge]([CH3])([CH3])[c]2ccccc2)(O4)O1. The van der Waals surface area contributed by atoms with Crippen LogP contribution in [0.5, 0.6) is 0 Å². The van der Waals surface area contributed by atoms with Gasteiger partial charge in [-0.3, -0.25) is 0 Å². The van der Waals surface area contributed by atoms with Gasteiger partial charge in [-0.1, -0.05) is 0 Å². The molecular weight excluding hydrogens is 938 g/mol. The van der Waals surface area contributed by atoms with E-state index < -0.39 is 84.3 Å². The Bertz CT molecular complexity index is 1430. The molecule has 0 saturated carbocycles. The third-order valence-electron chi connectivity index (χ3n) is 10.1. The van der Waals surface area contributed by atoms with Gasteiger partial charge in [0, 0.05) is 0 Å². The molecule has 332 valence electrons. The molecule has 7 rings (SSSR count). The summed E-state index contributed by atoms with van der Waals surface area (Å²) in [5, 5.41) is 0. The predicted molar refractivity (Wildman–Crippen MR) is 241 cm³/mol. The Morgan fingerprint density at radius 2 is 0.569 bits per heavy atom. The van der Waals surface area contributed by atoms with Crippen LogP contribution in [0.2, 0.25) is 53.8 Å². The van der Waals surface area contributed by atoms with Crippen molar-refractivity contribution in [3.05, 3.63) is 30.3 Å². The minimum absolute atomic E-state index is 0.0699. The van der Waals surface area contributed by atoms with E-state index in [9.17, 15) is 0 Å². The number of benzene rings is 1. The van der Waals surface area contributed by atoms with E-state index in [2.05, 4.69) is 121 Å². The fourth-order valence-electron chi connectivity index (χ4n) is 8.85. The fourth-order valence-corrected chi connectivity index (χ4v) is 67.8. The first-order valence-corrected chi connectivity index (χ1v) is 43.1. The van der Waals surface area contributed by atoms with E-state index >= 15 is 0 Å². The molecule has 1 aromatic carbocycles. The van der Waals surface area contributed by atoms with Gasteiger partial charge in [0.25, 0.3) is 0 Å². The average molecular weight is 1010 g/mol. The second-order valence-electron chi connectivity index (χ2n) is 20.7. The van der Waals surface area contributed by atoms with Crippen LogP contribution in [0.1, 0.15) is 96.9 Å². The molecule has 0 radical (unpaired) electrons. The van der Waals surface area contributed by atoms with Crippen molar-refractivity contribution in [3.8, 4) is 0 Å². The Morgan fingerprint density at radius 3 is 0.776 bits per heavy atom. The van der Waals surface area contributed by atoms with Crippen LogP contribution >= 0.6 is 0 Å². The van der Waals surface area contributed by atoms with Gasteiger partial charge in [0.05, 0.1) is 0 Å². The van der Waals surface area contributed by atoms with Gasteiger partial charge < -0.3 is 0 Å². The summed E-state index contributed by atoms with van der Waals surface area (Å²) in [5.74, 6) is 5.03. The van der Waals surface area contributed by atoms with Crippen LogP contribution < -0.4 is 4.40 Å². The monoisotopic (exact) mass is 1010 g/mol. The van der Waals surface area contributed by atoms with Crippen molar-refractivity contribution in [2.45, 2.75) is 151 Å². The Balaban J connectivity index is 1.77. The number of rotatable bonds is 17. The van der Waals surface area contributed by atoms with Crippen molar-refractivity contribution < 1.29 is 52.8 Å². The summed E-state index contributed by atoms with van der Waals surface area (Å²) in [6, 6.07) is 13.5. The van der Waals surface area contributed by atoms with Crippen molar-refractivity contribution in [2.24, 2.45) is 41.4 Å². The van der Waals surface area contributed by atoms with E-state index in [-0.39, 0.29) is 41.4 Å². The Labute approximate surface area is 361 Å². The van der Waals surface area contributed by atoms with Gasteiger partial charge in [0.15, 0.2) is 0 Å². The van der Waals surface area contributed by atoms with Crippen LogP contribution in [0.25, 0.3) is 0 Å². The second kappa shape index (κ2) is 17.4. The van der Waals surface area contributed by atoms with E-state index in [1.54, 1.807) is 0 Å². The molecule has 6 saturated heterocycles. The molecule has 0 N–H and O–H groups in total. The van der Waals surface area contributed by atoms with Crippen LogP contribution in [-0.2, 0) is 52.8 Å². The van der Waals surface area contributed by atoms with Gasteiger partial charge in [0.1, 0.15) is 0 Å². The first-order valence-electron chi connectivity index (χ1n) is 21.9. The molecule has 58 heavy (non-hydrogen) atoms. The van der Waals surface area contributed by atoms with Gasteiger partial charge in [-0.05, 0) is 0 Å². The molecule has 0 atom stereocenters. The molecule has 1 aromatic rings. The van der Waals surface area contributed by atoms with E-state index in [0.29, 0.717) is 42.3 Å². The van der Waals surface area contributed by atoms with Gasteiger partial charge in [-0.2, -0.15) is 0 Å². The molecule has 0 spiro atoms. The zero-order valence-electron chi connectivity index (χ0n) is 38.2. The average Bonchev–Trinajstić information content (AvgIpc) is 2.94. The van der Waals surface area contributed by atoms with Crippen molar-refractivity contribution in [1.82, 2.24) is 0 Å². The van der Waals surface area contributed by atoms with Crippen LogP contribution in [0, 0.1) is 41.4 Å². The topological polar surface area (TPSA) is 120 Å². The minimum atomic E-state index is -4.52. The standard InChI is InChI=1S/C36H74GeO13Si8/c1-29(2)22-51-39-52(23-30(3)4)42-55(26-33(9)10)44-53(40-51,24-31(5)6)46-57(28-35(13)14)47-54(41-51,25-32(7)8)45-56(43-52,27-34(11)12)49-58(48-55,50-57)38-37(15,16)36-20-18-17-19-21-36/h17-21,29-35H,22-28H2,1-16H3. The van der Waals surface area contributed by atoms with E-state index in [1.807, 2.05) is 18.2 Å². The molecule has 13 nitrogen and oxygen atoms in total. The summed E-state index contributed by atoms with van der Waals surface area (Å²) < 4.78 is 103. The Kier molecular flexibility index (Phi) is 14.5. The Hall–Kier alpha value is 0.978. The van der Waals surface area contributed by atoms with Gasteiger partial charge in [-0.15, -0.1) is 0 Å². The first kappa shape index (κ1) is 48.4. The van der Waals surface area contributed by atoms with Crippen molar-refractivity contribution >= 4 is 88.7 Å². The van der Waals surface area contributed by atoms with Crippen molar-refractivity contribution in [1.29, 1.82) is 0 Å². The summed E-state index contributed by atoms with van der Waals surface area (Å²) in [6.07, 6.45) is 0. The summed E-state index contributed by atoms with van der Waals surface area (Å²) in [5.41, 5.74) is 0. The molecule has 0 unspecified atom stereocenters. The molecular formula is C36H74GeO13Si8. The molecule has 6 heterocycles. The molecule has 6 fully saturated rings. The fraction of sp³-hybridized carbons (Fsp3) is 0.833. The molecule has 6 aliphatic heterocycles. The Morgan fingerprint density at radius 1 is 0.362 bits per heavy atom. The summed E-state index contributed by atoms with van der Waals surface area (Å²) in [4.78, 5) is 0. The maximum atomic E-state index is 7.82. The van der Waals surface area contributed by atoms with Crippen molar-refractivity contribution in [3.63, 3.8) is 0 Å². The second-order valence-corrected chi connectivity index (χ2v) is 52.9. The molecule has 0 aliphatic carbocycles. The third kappa shape index (κ3) is 10.9. The van der Waals surface area contributed by atoms with Crippen LogP contribution in [0.15, 0.2) is 30.3 Å². The van der Waals surface area contributed by atoms with Crippen LogP contribution in [0.3, 0.4) is 0 Å². The zero-order valence-corrected chi connectivity index (χ0v) is 48.3. The summed E-state index contributed by atoms with van der Waals surface area (Å²) >= 11 is -3.62. The quantitative estimate of drug-likeness (QED) is 0.138. The van der Waals surface area contributed by atoms with Crippen LogP contribution in [-0.4, -0.2) is 84.3 Å². The normalized spacial score (nSPS) is 39.0. The number of hydrogen-bond donors (Lipinski definition) is 0. The van der Waals surface area contributed by atoms with Gasteiger partial charge in [-0.25, -0.2) is 0 Å². The zero-order chi connectivity index (χ0) is 42.8. The van der Waals surface area contributed by atoms with Crippen molar-refractivity contribution in [2.75, 3.05) is 0 Å². The molecule has 0 aromatic heterocycles. The predicted octanol–water partition coefficient (Wildman–Crippen LogP) is 8.98. The number of hydrogen-bond acceptors (Lipinski definition) is 13. The van der Waals surface area contributed by atoms with E-state index in [4.69, 9.17) is 52.8 Å². The summed E-state index contributed by atoms with van der Waals surface area (Å²) in [6.45, 7) is 30.2. The van der Waals surface area contributed by atoms with E-state index in [0.717, 1.165) is 4.40 Å². The third-order valence-corrected chi connectivity index (χ3v) is 57.6. The summed E-state index contributed by atoms with van der Waals surface area (Å²) in [7, 11) is -32.6. The van der Waals surface area contributed by atoms with Crippen LogP contribution in [0.4, 0.5) is 0 Å².